The van der Waals surface area contributed by atoms with Crippen LogP contribution in [-0.4, -0.2) is 6.54 Å². The van der Waals surface area contributed by atoms with Gasteiger partial charge in [0.15, 0.2) is 0 Å². The third kappa shape index (κ3) is 2.59. The van der Waals surface area contributed by atoms with Gasteiger partial charge in [-0.3, -0.25) is 0 Å². The minimum atomic E-state index is 0.601. The highest BCUT2D eigenvalue weighted by atomic mass is 35.5. The standard InChI is InChI=1S/C13H15Cl2NO/c1-3-4-16-7-12-8(2)13-10(15)5-9(14)6-11(13)17-12/h5-6,16H,3-4,7H2,1-2H3. The summed E-state index contributed by atoms with van der Waals surface area (Å²) in [6.45, 7) is 5.86. The van der Waals surface area contributed by atoms with Gasteiger partial charge < -0.3 is 9.73 Å². The molecule has 0 spiro atoms. The molecule has 1 N–H and O–H groups in total. The van der Waals surface area contributed by atoms with Crippen LogP contribution >= 0.6 is 23.2 Å². The van der Waals surface area contributed by atoms with E-state index in [2.05, 4.69) is 12.2 Å². The normalized spacial score (nSPS) is 11.3. The van der Waals surface area contributed by atoms with E-state index in [9.17, 15) is 0 Å². The molecule has 0 unspecified atom stereocenters. The van der Waals surface area contributed by atoms with Crippen molar-refractivity contribution in [2.75, 3.05) is 6.54 Å². The zero-order valence-electron chi connectivity index (χ0n) is 9.94. The largest absolute Gasteiger partial charge is 0.459 e. The Kier molecular flexibility index (Phi) is 3.97. The van der Waals surface area contributed by atoms with Gasteiger partial charge in [0.2, 0.25) is 0 Å². The molecule has 0 aliphatic heterocycles. The van der Waals surface area contributed by atoms with Crippen LogP contribution in [0.1, 0.15) is 24.7 Å². The number of benzene rings is 1. The third-order valence-corrected chi connectivity index (χ3v) is 3.27. The van der Waals surface area contributed by atoms with Gasteiger partial charge in [0, 0.05) is 22.0 Å². The smallest absolute Gasteiger partial charge is 0.137 e. The molecule has 0 aliphatic rings. The van der Waals surface area contributed by atoms with Crippen molar-refractivity contribution in [3.8, 4) is 0 Å². The van der Waals surface area contributed by atoms with Crippen LogP contribution in [-0.2, 0) is 6.54 Å². The summed E-state index contributed by atoms with van der Waals surface area (Å²) in [5.41, 5.74) is 1.85. The Bertz CT molecular complexity index is 534. The molecule has 92 valence electrons. The van der Waals surface area contributed by atoms with E-state index in [-0.39, 0.29) is 0 Å². The zero-order valence-corrected chi connectivity index (χ0v) is 11.5. The summed E-state index contributed by atoms with van der Waals surface area (Å²) in [6, 6.07) is 3.55. The van der Waals surface area contributed by atoms with E-state index in [1.165, 1.54) is 0 Å². The van der Waals surface area contributed by atoms with Crippen molar-refractivity contribution in [3.05, 3.63) is 33.5 Å². The summed E-state index contributed by atoms with van der Waals surface area (Å²) in [7, 11) is 0. The van der Waals surface area contributed by atoms with E-state index in [1.807, 2.05) is 6.92 Å². The molecule has 2 nitrogen and oxygen atoms in total. The van der Waals surface area contributed by atoms with Crippen molar-refractivity contribution in [1.29, 1.82) is 0 Å². The molecule has 17 heavy (non-hydrogen) atoms. The Hall–Kier alpha value is -0.700. The lowest BCUT2D eigenvalue weighted by Crippen LogP contribution is -2.13. The average molecular weight is 272 g/mol. The molecule has 0 fully saturated rings. The molecule has 1 aromatic carbocycles. The zero-order chi connectivity index (χ0) is 12.4. The first-order valence-electron chi connectivity index (χ1n) is 5.71. The second kappa shape index (κ2) is 5.30. The molecule has 0 saturated heterocycles. The fraction of sp³-hybridized carbons (Fsp3) is 0.385. The first-order valence-corrected chi connectivity index (χ1v) is 6.46. The summed E-state index contributed by atoms with van der Waals surface area (Å²) in [6.07, 6.45) is 1.10. The van der Waals surface area contributed by atoms with Crippen LogP contribution in [0.25, 0.3) is 11.0 Å². The van der Waals surface area contributed by atoms with Crippen molar-refractivity contribution in [3.63, 3.8) is 0 Å². The van der Waals surface area contributed by atoms with E-state index in [0.717, 1.165) is 41.8 Å². The second-order valence-electron chi connectivity index (χ2n) is 4.09. The fourth-order valence-corrected chi connectivity index (χ4v) is 2.51. The van der Waals surface area contributed by atoms with Crippen molar-refractivity contribution in [2.45, 2.75) is 26.8 Å². The molecule has 1 heterocycles. The van der Waals surface area contributed by atoms with E-state index < -0.39 is 0 Å². The Morgan fingerprint density at radius 1 is 1.29 bits per heavy atom. The van der Waals surface area contributed by atoms with Gasteiger partial charge in [0.05, 0.1) is 11.6 Å². The minimum absolute atomic E-state index is 0.601. The maximum Gasteiger partial charge on any atom is 0.137 e. The Labute approximate surface area is 111 Å². The first kappa shape index (κ1) is 12.7. The van der Waals surface area contributed by atoms with Gasteiger partial charge in [-0.15, -0.1) is 0 Å². The number of nitrogens with one attached hydrogen (secondary N) is 1. The maximum atomic E-state index is 6.18. The van der Waals surface area contributed by atoms with Crippen LogP contribution in [0.5, 0.6) is 0 Å². The van der Waals surface area contributed by atoms with Crippen LogP contribution in [0.3, 0.4) is 0 Å². The van der Waals surface area contributed by atoms with Crippen LogP contribution in [0.2, 0.25) is 10.0 Å². The molecule has 2 rings (SSSR count). The van der Waals surface area contributed by atoms with Crippen LogP contribution in [0, 0.1) is 6.92 Å². The van der Waals surface area contributed by atoms with Gasteiger partial charge in [-0.1, -0.05) is 30.1 Å². The van der Waals surface area contributed by atoms with Crippen LogP contribution < -0.4 is 5.32 Å². The highest BCUT2D eigenvalue weighted by molar-refractivity contribution is 6.38. The monoisotopic (exact) mass is 271 g/mol. The van der Waals surface area contributed by atoms with Gasteiger partial charge in [-0.05, 0) is 26.0 Å². The van der Waals surface area contributed by atoms with Crippen molar-refractivity contribution >= 4 is 34.2 Å². The molecule has 1 aromatic heterocycles. The predicted molar refractivity (Wildman–Crippen MR) is 73.0 cm³/mol. The minimum Gasteiger partial charge on any atom is -0.459 e. The molecule has 0 atom stereocenters. The lowest BCUT2D eigenvalue weighted by molar-refractivity contribution is 0.510. The topological polar surface area (TPSA) is 25.2 Å². The molecular weight excluding hydrogens is 257 g/mol. The molecule has 0 aliphatic carbocycles. The van der Waals surface area contributed by atoms with Gasteiger partial charge in [-0.25, -0.2) is 0 Å². The fourth-order valence-electron chi connectivity index (χ4n) is 1.89. The van der Waals surface area contributed by atoms with Crippen molar-refractivity contribution in [2.24, 2.45) is 0 Å². The summed E-state index contributed by atoms with van der Waals surface area (Å²) >= 11 is 12.1. The Balaban J connectivity index is 2.39. The second-order valence-corrected chi connectivity index (χ2v) is 4.93. The lowest BCUT2D eigenvalue weighted by atomic mass is 10.1. The summed E-state index contributed by atoms with van der Waals surface area (Å²) in [5.74, 6) is 0.928. The van der Waals surface area contributed by atoms with Gasteiger partial charge in [0.25, 0.3) is 0 Å². The number of fused-ring (bicyclic) bond motifs is 1. The average Bonchev–Trinajstić information content (AvgIpc) is 2.56. The number of hydrogen-bond acceptors (Lipinski definition) is 2. The molecule has 0 amide bonds. The Morgan fingerprint density at radius 2 is 2.06 bits per heavy atom. The molecule has 0 saturated carbocycles. The van der Waals surface area contributed by atoms with E-state index >= 15 is 0 Å². The Morgan fingerprint density at radius 3 is 2.76 bits per heavy atom. The summed E-state index contributed by atoms with van der Waals surface area (Å²) in [4.78, 5) is 0. The predicted octanol–water partition coefficient (Wildman–Crippen LogP) is 4.55. The third-order valence-electron chi connectivity index (χ3n) is 2.76. The summed E-state index contributed by atoms with van der Waals surface area (Å²) < 4.78 is 5.78. The lowest BCUT2D eigenvalue weighted by Gasteiger charge is -2.00. The number of furan rings is 1. The van der Waals surface area contributed by atoms with E-state index in [4.69, 9.17) is 27.6 Å². The summed E-state index contributed by atoms with van der Waals surface area (Å²) in [5, 5.41) is 5.53. The molecule has 0 radical (unpaired) electrons. The number of halogens is 2. The van der Waals surface area contributed by atoms with Crippen molar-refractivity contribution in [1.82, 2.24) is 5.32 Å². The van der Waals surface area contributed by atoms with E-state index in [1.54, 1.807) is 12.1 Å². The molecule has 0 bridgehead atoms. The van der Waals surface area contributed by atoms with Crippen molar-refractivity contribution < 1.29 is 4.42 Å². The first-order chi connectivity index (χ1) is 8.13. The molecule has 4 heteroatoms. The molecular formula is C13H15Cl2NO. The number of rotatable bonds is 4. The van der Waals surface area contributed by atoms with Gasteiger partial charge in [0.1, 0.15) is 11.3 Å². The highest BCUT2D eigenvalue weighted by Gasteiger charge is 2.13. The highest BCUT2D eigenvalue weighted by Crippen LogP contribution is 2.34. The quantitative estimate of drug-likeness (QED) is 0.826. The van der Waals surface area contributed by atoms with E-state index in [0.29, 0.717) is 10.0 Å². The van der Waals surface area contributed by atoms with Gasteiger partial charge in [-0.2, -0.15) is 0 Å². The van der Waals surface area contributed by atoms with Gasteiger partial charge >= 0.3 is 0 Å². The van der Waals surface area contributed by atoms with Crippen LogP contribution in [0.4, 0.5) is 0 Å². The SMILES string of the molecule is CCCNCc1oc2cc(Cl)cc(Cl)c2c1C. The maximum absolute atomic E-state index is 6.18. The number of aryl methyl sites for hydroxylation is 1. The van der Waals surface area contributed by atoms with Crippen LogP contribution in [0.15, 0.2) is 16.5 Å². The number of hydrogen-bond donors (Lipinski definition) is 1. The molecule has 2 aromatic rings.